The number of nitrogens with zero attached hydrogens (tertiary/aromatic N) is 1. The molecule has 86 valence electrons. The number of aryl methyl sites for hydroxylation is 1. The van der Waals surface area contributed by atoms with Crippen LogP contribution in [-0.4, -0.2) is 31.6 Å². The third-order valence-electron chi connectivity index (χ3n) is 2.26. The maximum absolute atomic E-state index is 11.4. The van der Waals surface area contributed by atoms with E-state index < -0.39 is 11.2 Å². The smallest absolute Gasteiger partial charge is 0.327 e. The van der Waals surface area contributed by atoms with Crippen molar-refractivity contribution in [2.45, 2.75) is 19.3 Å². The highest BCUT2D eigenvalue weighted by molar-refractivity contribution is 5.68. The molecule has 0 unspecified atom stereocenters. The first kappa shape index (κ1) is 10.6. The van der Waals surface area contributed by atoms with Gasteiger partial charge in [0.15, 0.2) is 5.65 Å². The Morgan fingerprint density at radius 2 is 1.94 bits per heavy atom. The summed E-state index contributed by atoms with van der Waals surface area (Å²) in [6.45, 7) is 0.137. The van der Waals surface area contributed by atoms with Gasteiger partial charge in [-0.3, -0.25) is 14.8 Å². The average Bonchev–Trinajstić information content (AvgIpc) is 2.61. The standard InChI is InChI=1S/C9H12N4O3/c14-4-2-1-3-5-10-6-7(11-5)12-9(16)13-8(6)15/h14H,1-4H2,(H3,10,11,12,13,15,16). The van der Waals surface area contributed by atoms with Gasteiger partial charge >= 0.3 is 5.69 Å². The highest BCUT2D eigenvalue weighted by Gasteiger charge is 2.06. The lowest BCUT2D eigenvalue weighted by molar-refractivity contribution is 0.284. The minimum atomic E-state index is -0.564. The Labute approximate surface area is 89.6 Å². The van der Waals surface area contributed by atoms with E-state index in [-0.39, 0.29) is 17.8 Å². The van der Waals surface area contributed by atoms with E-state index in [9.17, 15) is 9.59 Å². The largest absolute Gasteiger partial charge is 0.396 e. The van der Waals surface area contributed by atoms with Crippen LogP contribution in [0.3, 0.4) is 0 Å². The molecule has 0 atom stereocenters. The molecule has 0 saturated heterocycles. The van der Waals surface area contributed by atoms with E-state index in [1.54, 1.807) is 0 Å². The van der Waals surface area contributed by atoms with Crippen LogP contribution < -0.4 is 11.2 Å². The number of unbranched alkanes of at least 4 members (excludes halogenated alkanes) is 1. The van der Waals surface area contributed by atoms with Gasteiger partial charge in [-0.15, -0.1) is 0 Å². The molecule has 2 heterocycles. The summed E-state index contributed by atoms with van der Waals surface area (Å²) in [6.07, 6.45) is 2.10. The van der Waals surface area contributed by atoms with E-state index in [1.165, 1.54) is 0 Å². The Morgan fingerprint density at radius 3 is 2.69 bits per heavy atom. The maximum Gasteiger partial charge on any atom is 0.327 e. The van der Waals surface area contributed by atoms with Crippen LogP contribution in [0.1, 0.15) is 18.7 Å². The van der Waals surface area contributed by atoms with Gasteiger partial charge in [0.1, 0.15) is 11.3 Å². The van der Waals surface area contributed by atoms with Gasteiger partial charge < -0.3 is 10.1 Å². The first-order valence-electron chi connectivity index (χ1n) is 5.03. The van der Waals surface area contributed by atoms with E-state index in [0.29, 0.717) is 18.7 Å². The Morgan fingerprint density at radius 1 is 1.12 bits per heavy atom. The number of aliphatic hydroxyl groups excluding tert-OH is 1. The number of aliphatic hydroxyl groups is 1. The molecule has 0 aliphatic carbocycles. The van der Waals surface area contributed by atoms with Gasteiger partial charge in [0.25, 0.3) is 5.56 Å². The summed E-state index contributed by atoms with van der Waals surface area (Å²) in [5, 5.41) is 8.63. The van der Waals surface area contributed by atoms with Crippen molar-refractivity contribution in [3.8, 4) is 0 Å². The normalized spacial score (nSPS) is 11.1. The first-order chi connectivity index (χ1) is 7.70. The lowest BCUT2D eigenvalue weighted by atomic mass is 10.2. The number of H-pyrrole nitrogens is 3. The second kappa shape index (κ2) is 4.31. The van der Waals surface area contributed by atoms with E-state index in [2.05, 4.69) is 19.9 Å². The summed E-state index contributed by atoms with van der Waals surface area (Å²) in [6, 6.07) is 0. The molecule has 7 nitrogen and oxygen atoms in total. The van der Waals surface area contributed by atoms with Crippen molar-refractivity contribution in [2.24, 2.45) is 0 Å². The van der Waals surface area contributed by atoms with Crippen LogP contribution in [0.2, 0.25) is 0 Å². The number of aromatic amines is 3. The highest BCUT2D eigenvalue weighted by Crippen LogP contribution is 2.04. The Hall–Kier alpha value is -1.89. The Bertz CT molecular complexity index is 595. The fraction of sp³-hybridized carbons (Fsp3) is 0.444. The fourth-order valence-corrected chi connectivity index (χ4v) is 1.50. The van der Waals surface area contributed by atoms with Gasteiger partial charge in [0, 0.05) is 13.0 Å². The van der Waals surface area contributed by atoms with Crippen molar-refractivity contribution >= 4 is 11.2 Å². The third-order valence-corrected chi connectivity index (χ3v) is 2.26. The van der Waals surface area contributed by atoms with Crippen molar-refractivity contribution in [3.05, 3.63) is 26.7 Å². The number of hydrogen-bond acceptors (Lipinski definition) is 4. The molecular formula is C9H12N4O3. The number of hydrogen-bond donors (Lipinski definition) is 4. The zero-order valence-corrected chi connectivity index (χ0v) is 8.54. The minimum Gasteiger partial charge on any atom is -0.396 e. The monoisotopic (exact) mass is 224 g/mol. The zero-order chi connectivity index (χ0) is 11.5. The Kier molecular flexibility index (Phi) is 2.86. The van der Waals surface area contributed by atoms with Gasteiger partial charge in [-0.05, 0) is 12.8 Å². The van der Waals surface area contributed by atoms with Crippen molar-refractivity contribution in [2.75, 3.05) is 6.61 Å². The van der Waals surface area contributed by atoms with Crippen molar-refractivity contribution in [1.82, 2.24) is 19.9 Å². The summed E-state index contributed by atoms with van der Waals surface area (Å²) in [5.41, 5.74) is -0.489. The number of imidazole rings is 1. The quantitative estimate of drug-likeness (QED) is 0.512. The van der Waals surface area contributed by atoms with E-state index in [0.717, 1.165) is 6.42 Å². The molecule has 2 aromatic heterocycles. The number of aromatic nitrogens is 4. The lowest BCUT2D eigenvalue weighted by Gasteiger charge is -1.93. The summed E-state index contributed by atoms with van der Waals surface area (Å²) in [4.78, 5) is 33.8. The van der Waals surface area contributed by atoms with Crippen LogP contribution in [0, 0.1) is 0 Å². The molecule has 0 aromatic carbocycles. The third kappa shape index (κ3) is 2.03. The summed E-state index contributed by atoms with van der Waals surface area (Å²) in [5.74, 6) is 0.635. The number of rotatable bonds is 4. The highest BCUT2D eigenvalue weighted by atomic mass is 16.3. The van der Waals surface area contributed by atoms with Crippen molar-refractivity contribution in [3.63, 3.8) is 0 Å². The second-order valence-corrected chi connectivity index (χ2v) is 3.50. The molecule has 0 saturated carbocycles. The molecule has 2 aromatic rings. The summed E-state index contributed by atoms with van der Waals surface area (Å²) >= 11 is 0. The molecule has 0 aliphatic rings. The van der Waals surface area contributed by atoms with Gasteiger partial charge in [0.05, 0.1) is 0 Å². The molecule has 4 N–H and O–H groups in total. The molecule has 0 radical (unpaired) electrons. The molecule has 2 rings (SSSR count). The Balaban J connectivity index is 2.33. The SMILES string of the molecule is O=c1[nH]c(=O)c2[nH]c(CCCCO)nc2[nH]1. The molecule has 0 aliphatic heterocycles. The van der Waals surface area contributed by atoms with Crippen LogP contribution in [0.15, 0.2) is 9.59 Å². The van der Waals surface area contributed by atoms with Gasteiger partial charge in [-0.25, -0.2) is 9.78 Å². The lowest BCUT2D eigenvalue weighted by Crippen LogP contribution is -2.21. The van der Waals surface area contributed by atoms with Crippen LogP contribution in [-0.2, 0) is 6.42 Å². The van der Waals surface area contributed by atoms with Gasteiger partial charge in [0.2, 0.25) is 0 Å². The van der Waals surface area contributed by atoms with E-state index in [4.69, 9.17) is 5.11 Å². The average molecular weight is 224 g/mol. The number of fused-ring (bicyclic) bond motifs is 1. The topological polar surface area (TPSA) is 115 Å². The van der Waals surface area contributed by atoms with Crippen LogP contribution in [0.5, 0.6) is 0 Å². The van der Waals surface area contributed by atoms with E-state index >= 15 is 0 Å². The zero-order valence-electron chi connectivity index (χ0n) is 8.54. The molecule has 0 amide bonds. The summed E-state index contributed by atoms with van der Waals surface area (Å²) < 4.78 is 0. The van der Waals surface area contributed by atoms with Crippen molar-refractivity contribution in [1.29, 1.82) is 0 Å². The molecule has 16 heavy (non-hydrogen) atoms. The molecule has 7 heteroatoms. The first-order valence-corrected chi connectivity index (χ1v) is 5.03. The predicted octanol–water partition coefficient (Wildman–Crippen LogP) is -0.746. The van der Waals surface area contributed by atoms with E-state index in [1.807, 2.05) is 0 Å². The molecule has 0 spiro atoms. The molecular weight excluding hydrogens is 212 g/mol. The minimum absolute atomic E-state index is 0.137. The van der Waals surface area contributed by atoms with Gasteiger partial charge in [-0.2, -0.15) is 0 Å². The molecule has 0 bridgehead atoms. The molecule has 0 fully saturated rings. The van der Waals surface area contributed by atoms with Crippen LogP contribution in [0.4, 0.5) is 0 Å². The van der Waals surface area contributed by atoms with Crippen LogP contribution in [0.25, 0.3) is 11.2 Å². The van der Waals surface area contributed by atoms with Crippen molar-refractivity contribution < 1.29 is 5.11 Å². The fourth-order valence-electron chi connectivity index (χ4n) is 1.50. The summed E-state index contributed by atoms with van der Waals surface area (Å²) in [7, 11) is 0. The maximum atomic E-state index is 11.4. The van der Waals surface area contributed by atoms with Crippen LogP contribution >= 0.6 is 0 Å². The number of nitrogens with one attached hydrogen (secondary N) is 3. The second-order valence-electron chi connectivity index (χ2n) is 3.50. The predicted molar refractivity (Wildman–Crippen MR) is 57.4 cm³/mol. The van der Waals surface area contributed by atoms with Gasteiger partial charge in [-0.1, -0.05) is 0 Å².